The smallest absolute Gasteiger partial charge is 0.408 e. The van der Waals surface area contributed by atoms with Crippen molar-refractivity contribution in [1.29, 1.82) is 0 Å². The van der Waals surface area contributed by atoms with Crippen LogP contribution in [0.25, 0.3) is 0 Å². The van der Waals surface area contributed by atoms with Crippen molar-refractivity contribution in [2.24, 2.45) is 5.92 Å². The van der Waals surface area contributed by atoms with Crippen LogP contribution in [-0.4, -0.2) is 43.4 Å². The van der Waals surface area contributed by atoms with Crippen molar-refractivity contribution in [3.05, 3.63) is 71.8 Å². The first-order chi connectivity index (χ1) is 16.2. The quantitative estimate of drug-likeness (QED) is 0.390. The summed E-state index contributed by atoms with van der Waals surface area (Å²) in [4.78, 5) is 37.7. The highest BCUT2D eigenvalue weighted by Crippen LogP contribution is 2.15. The number of hydrogen-bond acceptors (Lipinski definition) is 7. The molecule has 0 aromatic heterocycles. The van der Waals surface area contributed by atoms with Gasteiger partial charge in [-0.25, -0.2) is 9.59 Å². The van der Waals surface area contributed by atoms with Gasteiger partial charge in [0.05, 0.1) is 26.2 Å². The average Bonchev–Trinajstić information content (AvgIpc) is 2.81. The van der Waals surface area contributed by atoms with Crippen LogP contribution in [0.2, 0.25) is 0 Å². The Kier molecular flexibility index (Phi) is 10.5. The molecule has 0 aliphatic carbocycles. The third-order valence-electron chi connectivity index (χ3n) is 4.68. The van der Waals surface area contributed by atoms with Crippen LogP contribution in [0.3, 0.4) is 0 Å². The lowest BCUT2D eigenvalue weighted by atomic mass is 10.0. The maximum Gasteiger partial charge on any atom is 0.408 e. The van der Waals surface area contributed by atoms with Crippen molar-refractivity contribution in [2.75, 3.05) is 13.7 Å². The summed E-state index contributed by atoms with van der Waals surface area (Å²) < 4.78 is 21.3. The molecule has 0 aliphatic heterocycles. The van der Waals surface area contributed by atoms with Gasteiger partial charge in [-0.3, -0.25) is 4.79 Å². The van der Waals surface area contributed by atoms with Crippen LogP contribution in [0.4, 0.5) is 4.79 Å². The van der Waals surface area contributed by atoms with Crippen LogP contribution in [0.5, 0.6) is 0 Å². The molecule has 0 bridgehead atoms. The van der Waals surface area contributed by atoms with E-state index in [1.54, 1.807) is 20.8 Å². The summed E-state index contributed by atoms with van der Waals surface area (Å²) in [6, 6.07) is 17.5. The zero-order valence-corrected chi connectivity index (χ0v) is 20.1. The molecule has 0 spiro atoms. The Bertz CT molecular complexity index is 910. The Morgan fingerprint density at radius 3 is 1.94 bits per heavy atom. The molecule has 2 rings (SSSR count). The summed E-state index contributed by atoms with van der Waals surface area (Å²) in [5.74, 6) is -2.05. The van der Waals surface area contributed by atoms with Gasteiger partial charge in [-0.15, -0.1) is 0 Å². The van der Waals surface area contributed by atoms with Crippen LogP contribution < -0.4 is 5.32 Å². The van der Waals surface area contributed by atoms with Gasteiger partial charge in [-0.1, -0.05) is 60.7 Å². The van der Waals surface area contributed by atoms with E-state index in [0.29, 0.717) is 0 Å². The molecule has 0 saturated carbocycles. The van der Waals surface area contributed by atoms with Crippen LogP contribution in [0.1, 0.15) is 38.3 Å². The Morgan fingerprint density at radius 1 is 0.853 bits per heavy atom. The fourth-order valence-corrected chi connectivity index (χ4v) is 3.07. The minimum Gasteiger partial charge on any atom is -0.469 e. The molecule has 0 saturated heterocycles. The lowest BCUT2D eigenvalue weighted by molar-refractivity contribution is -0.152. The second-order valence-corrected chi connectivity index (χ2v) is 8.75. The topological polar surface area (TPSA) is 100 Å². The number of nitrogens with one attached hydrogen (secondary N) is 1. The number of hydrogen-bond donors (Lipinski definition) is 1. The number of rotatable bonds is 11. The molecule has 0 heterocycles. The predicted molar refractivity (Wildman–Crippen MR) is 126 cm³/mol. The Hall–Kier alpha value is -3.39. The summed E-state index contributed by atoms with van der Waals surface area (Å²) in [6.45, 7) is 5.45. The number of amides is 1. The summed E-state index contributed by atoms with van der Waals surface area (Å²) in [6.07, 6.45) is -0.864. The third-order valence-corrected chi connectivity index (χ3v) is 4.68. The number of esters is 2. The minimum absolute atomic E-state index is 0.0000311. The number of carbonyl (C=O) groups excluding carboxylic acids is 3. The lowest BCUT2D eigenvalue weighted by Crippen LogP contribution is -2.46. The normalized spacial score (nSPS) is 12.8. The molecular weight excluding hydrogens is 438 g/mol. The van der Waals surface area contributed by atoms with E-state index in [0.717, 1.165) is 11.1 Å². The van der Waals surface area contributed by atoms with E-state index < -0.39 is 35.6 Å². The monoisotopic (exact) mass is 471 g/mol. The molecule has 2 aromatic carbocycles. The number of methoxy groups -OCH3 is 1. The van der Waals surface area contributed by atoms with Crippen molar-refractivity contribution in [2.45, 2.75) is 52.0 Å². The van der Waals surface area contributed by atoms with Crippen LogP contribution in [0.15, 0.2) is 60.7 Å². The maximum atomic E-state index is 12.9. The molecular formula is C26H33NO7. The molecule has 0 fully saturated rings. The van der Waals surface area contributed by atoms with Gasteiger partial charge in [0.2, 0.25) is 0 Å². The van der Waals surface area contributed by atoms with E-state index in [-0.39, 0.29) is 26.2 Å². The first kappa shape index (κ1) is 26.9. The molecule has 0 aliphatic rings. The Labute approximate surface area is 200 Å². The van der Waals surface area contributed by atoms with E-state index in [1.807, 2.05) is 60.7 Å². The van der Waals surface area contributed by atoms with Gasteiger partial charge in [0.25, 0.3) is 0 Å². The molecule has 2 atom stereocenters. The Balaban J connectivity index is 2.08. The van der Waals surface area contributed by atoms with E-state index in [9.17, 15) is 14.4 Å². The molecule has 34 heavy (non-hydrogen) atoms. The molecule has 0 radical (unpaired) electrons. The second-order valence-electron chi connectivity index (χ2n) is 8.75. The predicted octanol–water partition coefficient (Wildman–Crippen LogP) is 4.02. The number of ether oxygens (including phenoxy) is 4. The first-order valence-electron chi connectivity index (χ1n) is 11.1. The van der Waals surface area contributed by atoms with E-state index in [2.05, 4.69) is 5.32 Å². The zero-order chi connectivity index (χ0) is 25.0. The van der Waals surface area contributed by atoms with Crippen LogP contribution >= 0.6 is 0 Å². The first-order valence-corrected chi connectivity index (χ1v) is 11.1. The molecule has 1 amide bonds. The maximum absolute atomic E-state index is 12.9. The largest absolute Gasteiger partial charge is 0.469 e. The van der Waals surface area contributed by atoms with Gasteiger partial charge in [0, 0.05) is 0 Å². The summed E-state index contributed by atoms with van der Waals surface area (Å²) in [5, 5.41) is 2.53. The van der Waals surface area contributed by atoms with Crippen LogP contribution in [0, 0.1) is 5.92 Å². The molecule has 2 unspecified atom stereocenters. The molecule has 2 aromatic rings. The Morgan fingerprint density at radius 2 is 1.41 bits per heavy atom. The van der Waals surface area contributed by atoms with Gasteiger partial charge in [-0.05, 0) is 38.3 Å². The number of carbonyl (C=O) groups is 3. The van der Waals surface area contributed by atoms with Crippen molar-refractivity contribution in [3.63, 3.8) is 0 Å². The molecule has 8 nitrogen and oxygen atoms in total. The highest BCUT2D eigenvalue weighted by molar-refractivity contribution is 5.82. The summed E-state index contributed by atoms with van der Waals surface area (Å²) in [7, 11) is 1.26. The van der Waals surface area contributed by atoms with Crippen molar-refractivity contribution in [3.8, 4) is 0 Å². The molecule has 1 N–H and O–H groups in total. The van der Waals surface area contributed by atoms with Crippen molar-refractivity contribution < 1.29 is 33.3 Å². The number of benzene rings is 2. The van der Waals surface area contributed by atoms with Crippen molar-refractivity contribution in [1.82, 2.24) is 5.32 Å². The minimum atomic E-state index is -1.14. The zero-order valence-electron chi connectivity index (χ0n) is 20.1. The third kappa shape index (κ3) is 10.0. The lowest BCUT2D eigenvalue weighted by Gasteiger charge is -2.25. The number of alkyl carbamates (subject to hydrolysis) is 1. The van der Waals surface area contributed by atoms with Crippen molar-refractivity contribution >= 4 is 18.0 Å². The van der Waals surface area contributed by atoms with Gasteiger partial charge >= 0.3 is 18.0 Å². The fourth-order valence-electron chi connectivity index (χ4n) is 3.07. The standard InChI is InChI=1S/C26H33NO7/c1-26(2,3)34-25(30)27-22(24(29)33-17-20-13-9-6-10-14-20)15-21(23(28)31-4)18-32-16-19-11-7-5-8-12-19/h5-14,21-22H,15-18H2,1-4H3,(H,27,30). The van der Waals surface area contributed by atoms with Gasteiger partial charge in [-0.2, -0.15) is 0 Å². The van der Waals surface area contributed by atoms with Crippen LogP contribution in [-0.2, 0) is 41.8 Å². The SMILES string of the molecule is COC(=O)C(COCc1ccccc1)CC(NC(=O)OC(C)(C)C)C(=O)OCc1ccccc1. The van der Waals surface area contributed by atoms with Gasteiger partial charge in [0.15, 0.2) is 0 Å². The van der Waals surface area contributed by atoms with Gasteiger partial charge < -0.3 is 24.3 Å². The second kappa shape index (κ2) is 13.3. The highest BCUT2D eigenvalue weighted by atomic mass is 16.6. The van der Waals surface area contributed by atoms with E-state index >= 15 is 0 Å². The highest BCUT2D eigenvalue weighted by Gasteiger charge is 2.32. The average molecular weight is 472 g/mol. The fraction of sp³-hybridized carbons (Fsp3) is 0.423. The van der Waals surface area contributed by atoms with E-state index in [1.165, 1.54) is 7.11 Å². The summed E-state index contributed by atoms with van der Waals surface area (Å²) in [5.41, 5.74) is 0.975. The van der Waals surface area contributed by atoms with E-state index in [4.69, 9.17) is 18.9 Å². The molecule has 8 heteroatoms. The van der Waals surface area contributed by atoms with Gasteiger partial charge in [0.1, 0.15) is 18.2 Å². The molecule has 184 valence electrons. The summed E-state index contributed by atoms with van der Waals surface area (Å²) >= 11 is 0.